The number of hydrogen-bond acceptors (Lipinski definition) is 4. The molecule has 0 radical (unpaired) electrons. The van der Waals surface area contributed by atoms with Gasteiger partial charge in [0.25, 0.3) is 0 Å². The lowest BCUT2D eigenvalue weighted by atomic mass is 10.1. The van der Waals surface area contributed by atoms with Gasteiger partial charge in [-0.3, -0.25) is 4.90 Å². The first-order valence-corrected chi connectivity index (χ1v) is 6.11. The number of nitrogens with zero attached hydrogens (tertiary/aromatic N) is 3. The van der Waals surface area contributed by atoms with E-state index in [9.17, 15) is 0 Å². The van der Waals surface area contributed by atoms with Crippen molar-refractivity contribution in [3.63, 3.8) is 0 Å². The SMILES string of the molecule is CCCC1CNCCN1Cc1ncccn1. The van der Waals surface area contributed by atoms with Crippen molar-refractivity contribution >= 4 is 0 Å². The summed E-state index contributed by atoms with van der Waals surface area (Å²) in [6.07, 6.45) is 6.12. The monoisotopic (exact) mass is 220 g/mol. The molecule has 1 unspecified atom stereocenters. The third-order valence-electron chi connectivity index (χ3n) is 3.06. The minimum absolute atomic E-state index is 0.641. The molecule has 2 heterocycles. The average Bonchev–Trinajstić information content (AvgIpc) is 2.33. The molecular weight excluding hydrogens is 200 g/mol. The molecular formula is C12H20N4. The number of rotatable bonds is 4. The van der Waals surface area contributed by atoms with E-state index in [-0.39, 0.29) is 0 Å². The number of hydrogen-bond donors (Lipinski definition) is 1. The molecule has 0 aliphatic carbocycles. The lowest BCUT2D eigenvalue weighted by Gasteiger charge is -2.35. The minimum atomic E-state index is 0.641. The van der Waals surface area contributed by atoms with Crippen molar-refractivity contribution < 1.29 is 0 Å². The smallest absolute Gasteiger partial charge is 0.142 e. The molecule has 1 saturated heterocycles. The predicted molar refractivity (Wildman–Crippen MR) is 64.0 cm³/mol. The first kappa shape index (κ1) is 11.5. The number of aromatic nitrogens is 2. The van der Waals surface area contributed by atoms with E-state index >= 15 is 0 Å². The van der Waals surface area contributed by atoms with E-state index in [4.69, 9.17) is 0 Å². The van der Waals surface area contributed by atoms with Crippen LogP contribution in [0.25, 0.3) is 0 Å². The fraction of sp³-hybridized carbons (Fsp3) is 0.667. The highest BCUT2D eigenvalue weighted by molar-refractivity contribution is 4.91. The Balaban J connectivity index is 1.96. The quantitative estimate of drug-likeness (QED) is 0.823. The van der Waals surface area contributed by atoms with Crippen molar-refractivity contribution in [2.24, 2.45) is 0 Å². The van der Waals surface area contributed by atoms with Gasteiger partial charge >= 0.3 is 0 Å². The molecule has 0 saturated carbocycles. The normalized spacial score (nSPS) is 22.2. The molecule has 0 spiro atoms. The van der Waals surface area contributed by atoms with Crippen LogP contribution >= 0.6 is 0 Å². The maximum absolute atomic E-state index is 4.29. The van der Waals surface area contributed by atoms with Gasteiger partial charge < -0.3 is 5.32 Å². The van der Waals surface area contributed by atoms with E-state index in [1.807, 2.05) is 18.5 Å². The zero-order valence-corrected chi connectivity index (χ0v) is 9.89. The van der Waals surface area contributed by atoms with Crippen molar-refractivity contribution in [3.05, 3.63) is 24.3 Å². The molecule has 4 heteroatoms. The van der Waals surface area contributed by atoms with Crippen LogP contribution < -0.4 is 5.32 Å². The first-order chi connectivity index (χ1) is 7.90. The summed E-state index contributed by atoms with van der Waals surface area (Å²) in [5, 5.41) is 3.45. The molecule has 1 aromatic rings. The van der Waals surface area contributed by atoms with E-state index in [1.165, 1.54) is 12.8 Å². The molecule has 1 fully saturated rings. The maximum atomic E-state index is 4.29. The van der Waals surface area contributed by atoms with Gasteiger partial charge in [-0.15, -0.1) is 0 Å². The third-order valence-corrected chi connectivity index (χ3v) is 3.06. The third kappa shape index (κ3) is 3.00. The number of piperazine rings is 1. The molecule has 1 aliphatic heterocycles. The fourth-order valence-electron chi connectivity index (χ4n) is 2.22. The van der Waals surface area contributed by atoms with Crippen LogP contribution in [0.2, 0.25) is 0 Å². The van der Waals surface area contributed by atoms with Gasteiger partial charge in [0.15, 0.2) is 0 Å². The second-order valence-electron chi connectivity index (χ2n) is 4.28. The molecule has 0 aromatic carbocycles. The van der Waals surface area contributed by atoms with Gasteiger partial charge in [0.1, 0.15) is 5.82 Å². The zero-order valence-electron chi connectivity index (χ0n) is 9.89. The summed E-state index contributed by atoms with van der Waals surface area (Å²) < 4.78 is 0. The van der Waals surface area contributed by atoms with Gasteiger partial charge in [-0.2, -0.15) is 0 Å². The van der Waals surface area contributed by atoms with Crippen LogP contribution in [0, 0.1) is 0 Å². The van der Waals surface area contributed by atoms with E-state index in [0.29, 0.717) is 6.04 Å². The highest BCUT2D eigenvalue weighted by atomic mass is 15.2. The van der Waals surface area contributed by atoms with Gasteiger partial charge in [-0.25, -0.2) is 9.97 Å². The Morgan fingerprint density at radius 1 is 1.44 bits per heavy atom. The van der Waals surface area contributed by atoms with Crippen LogP contribution in [-0.4, -0.2) is 40.5 Å². The summed E-state index contributed by atoms with van der Waals surface area (Å²) in [6.45, 7) is 6.40. The van der Waals surface area contributed by atoms with Crippen LogP contribution in [0.15, 0.2) is 18.5 Å². The molecule has 1 aromatic heterocycles. The average molecular weight is 220 g/mol. The largest absolute Gasteiger partial charge is 0.314 e. The lowest BCUT2D eigenvalue weighted by Crippen LogP contribution is -2.50. The van der Waals surface area contributed by atoms with Crippen LogP contribution in [0.3, 0.4) is 0 Å². The maximum Gasteiger partial charge on any atom is 0.142 e. The van der Waals surface area contributed by atoms with Gasteiger partial charge in [0, 0.05) is 38.1 Å². The van der Waals surface area contributed by atoms with E-state index in [1.54, 1.807) is 0 Å². The minimum Gasteiger partial charge on any atom is -0.314 e. The van der Waals surface area contributed by atoms with Crippen LogP contribution in [-0.2, 0) is 6.54 Å². The Labute approximate surface area is 97.1 Å². The Morgan fingerprint density at radius 3 is 3.00 bits per heavy atom. The highest BCUT2D eigenvalue weighted by Gasteiger charge is 2.21. The summed E-state index contributed by atoms with van der Waals surface area (Å²) in [5.74, 6) is 0.936. The summed E-state index contributed by atoms with van der Waals surface area (Å²) >= 11 is 0. The Kier molecular flexibility index (Phi) is 4.25. The molecule has 88 valence electrons. The standard InChI is InChI=1S/C12H20N4/c1-2-4-11-9-13-7-8-16(11)10-12-14-5-3-6-15-12/h3,5-6,11,13H,2,4,7-10H2,1H3. The van der Waals surface area contributed by atoms with Crippen LogP contribution in [0.5, 0.6) is 0 Å². The van der Waals surface area contributed by atoms with Gasteiger partial charge in [-0.05, 0) is 12.5 Å². The molecule has 4 nitrogen and oxygen atoms in total. The Morgan fingerprint density at radius 2 is 2.25 bits per heavy atom. The summed E-state index contributed by atoms with van der Waals surface area (Å²) in [7, 11) is 0. The zero-order chi connectivity index (χ0) is 11.2. The molecule has 0 amide bonds. The second-order valence-corrected chi connectivity index (χ2v) is 4.28. The van der Waals surface area contributed by atoms with Gasteiger partial charge in [-0.1, -0.05) is 13.3 Å². The summed E-state index contributed by atoms with van der Waals surface area (Å²) in [5.41, 5.74) is 0. The fourth-order valence-corrected chi connectivity index (χ4v) is 2.22. The molecule has 16 heavy (non-hydrogen) atoms. The van der Waals surface area contributed by atoms with E-state index < -0.39 is 0 Å². The Bertz CT molecular complexity index is 299. The molecule has 1 atom stereocenters. The van der Waals surface area contributed by atoms with E-state index in [0.717, 1.165) is 32.0 Å². The lowest BCUT2D eigenvalue weighted by molar-refractivity contribution is 0.141. The highest BCUT2D eigenvalue weighted by Crippen LogP contribution is 2.11. The van der Waals surface area contributed by atoms with Crippen molar-refractivity contribution in [1.29, 1.82) is 0 Å². The second kappa shape index (κ2) is 5.92. The first-order valence-electron chi connectivity index (χ1n) is 6.11. The van der Waals surface area contributed by atoms with E-state index in [2.05, 4.69) is 27.1 Å². The molecule has 2 rings (SSSR count). The van der Waals surface area contributed by atoms with Gasteiger partial charge in [0.05, 0.1) is 6.54 Å². The number of nitrogens with one attached hydrogen (secondary N) is 1. The van der Waals surface area contributed by atoms with Crippen molar-refractivity contribution in [3.8, 4) is 0 Å². The van der Waals surface area contributed by atoms with Crippen LogP contribution in [0.1, 0.15) is 25.6 Å². The predicted octanol–water partition coefficient (Wildman–Crippen LogP) is 1.05. The van der Waals surface area contributed by atoms with Crippen LogP contribution in [0.4, 0.5) is 0 Å². The Hall–Kier alpha value is -1.00. The topological polar surface area (TPSA) is 41.0 Å². The molecule has 1 N–H and O–H groups in total. The van der Waals surface area contributed by atoms with Gasteiger partial charge in [0.2, 0.25) is 0 Å². The van der Waals surface area contributed by atoms with Crippen molar-refractivity contribution in [2.75, 3.05) is 19.6 Å². The summed E-state index contributed by atoms with van der Waals surface area (Å²) in [4.78, 5) is 11.1. The van der Waals surface area contributed by atoms with Crippen molar-refractivity contribution in [1.82, 2.24) is 20.2 Å². The molecule has 0 bridgehead atoms. The molecule has 1 aliphatic rings. The summed E-state index contributed by atoms with van der Waals surface area (Å²) in [6, 6.07) is 2.51. The van der Waals surface area contributed by atoms with Crippen molar-refractivity contribution in [2.45, 2.75) is 32.4 Å².